The summed E-state index contributed by atoms with van der Waals surface area (Å²) in [6.45, 7) is 1.01. The highest BCUT2D eigenvalue weighted by Crippen LogP contribution is 2.19. The van der Waals surface area contributed by atoms with E-state index in [1.54, 1.807) is 4.90 Å². The number of primary amides is 1. The highest BCUT2D eigenvalue weighted by molar-refractivity contribution is 7.98. The molecule has 3 N–H and O–H groups in total. The SMILES string of the molecule is NC(=O)C1CCN(C(=O)Cc2cc(=O)[nH]c(SCc3ccccc3)n2)CC1. The van der Waals surface area contributed by atoms with Gasteiger partial charge in [-0.2, -0.15) is 0 Å². The van der Waals surface area contributed by atoms with Gasteiger partial charge < -0.3 is 15.6 Å². The molecule has 1 fully saturated rings. The van der Waals surface area contributed by atoms with Gasteiger partial charge in [0.15, 0.2) is 5.16 Å². The summed E-state index contributed by atoms with van der Waals surface area (Å²) in [6.07, 6.45) is 1.24. The zero-order valence-corrected chi connectivity index (χ0v) is 15.7. The number of hydrogen-bond acceptors (Lipinski definition) is 5. The largest absolute Gasteiger partial charge is 0.369 e. The van der Waals surface area contributed by atoms with Crippen molar-refractivity contribution in [1.29, 1.82) is 0 Å². The van der Waals surface area contributed by atoms with Crippen LogP contribution in [0.15, 0.2) is 46.3 Å². The Morgan fingerprint density at radius 1 is 1.22 bits per heavy atom. The number of nitrogens with one attached hydrogen (secondary N) is 1. The van der Waals surface area contributed by atoms with Crippen LogP contribution in [0.5, 0.6) is 0 Å². The highest BCUT2D eigenvalue weighted by atomic mass is 32.2. The van der Waals surface area contributed by atoms with E-state index < -0.39 is 0 Å². The molecule has 1 aromatic carbocycles. The molecule has 142 valence electrons. The third-order valence-electron chi connectivity index (χ3n) is 4.57. The molecule has 0 atom stereocenters. The first-order valence-corrected chi connectivity index (χ1v) is 9.84. The summed E-state index contributed by atoms with van der Waals surface area (Å²) < 4.78 is 0. The van der Waals surface area contributed by atoms with Gasteiger partial charge in [-0.25, -0.2) is 4.98 Å². The van der Waals surface area contributed by atoms with Crippen molar-refractivity contribution in [1.82, 2.24) is 14.9 Å². The van der Waals surface area contributed by atoms with Crippen LogP contribution >= 0.6 is 11.8 Å². The molecular formula is C19H22N4O3S. The number of nitrogens with two attached hydrogens (primary N) is 1. The first-order chi connectivity index (χ1) is 13.0. The maximum atomic E-state index is 12.5. The summed E-state index contributed by atoms with van der Waals surface area (Å²) in [5, 5.41) is 0.501. The van der Waals surface area contributed by atoms with Crippen molar-refractivity contribution >= 4 is 23.6 Å². The second-order valence-electron chi connectivity index (χ2n) is 6.55. The van der Waals surface area contributed by atoms with E-state index in [2.05, 4.69) is 9.97 Å². The van der Waals surface area contributed by atoms with Gasteiger partial charge in [0.25, 0.3) is 5.56 Å². The molecule has 0 unspecified atom stereocenters. The second kappa shape index (κ2) is 8.85. The minimum absolute atomic E-state index is 0.0735. The summed E-state index contributed by atoms with van der Waals surface area (Å²) in [5.41, 5.74) is 6.64. The van der Waals surface area contributed by atoms with E-state index in [0.717, 1.165) is 5.56 Å². The van der Waals surface area contributed by atoms with E-state index in [4.69, 9.17) is 5.73 Å². The molecule has 2 aromatic rings. The van der Waals surface area contributed by atoms with Crippen molar-refractivity contribution in [2.45, 2.75) is 30.2 Å². The van der Waals surface area contributed by atoms with Gasteiger partial charge in [-0.1, -0.05) is 42.1 Å². The number of piperidine rings is 1. The van der Waals surface area contributed by atoms with Crippen molar-refractivity contribution < 1.29 is 9.59 Å². The lowest BCUT2D eigenvalue weighted by atomic mass is 9.96. The lowest BCUT2D eigenvalue weighted by Gasteiger charge is -2.30. The summed E-state index contributed by atoms with van der Waals surface area (Å²) >= 11 is 1.43. The zero-order valence-electron chi connectivity index (χ0n) is 14.9. The Morgan fingerprint density at radius 2 is 1.93 bits per heavy atom. The number of H-pyrrole nitrogens is 1. The Hall–Kier alpha value is -2.61. The summed E-state index contributed by atoms with van der Waals surface area (Å²) in [4.78, 5) is 44.5. The van der Waals surface area contributed by atoms with Gasteiger partial charge in [0.2, 0.25) is 11.8 Å². The monoisotopic (exact) mass is 386 g/mol. The van der Waals surface area contributed by atoms with Gasteiger partial charge in [-0.15, -0.1) is 0 Å². The maximum absolute atomic E-state index is 12.5. The first kappa shape index (κ1) is 19.2. The number of hydrogen-bond donors (Lipinski definition) is 2. The quantitative estimate of drug-likeness (QED) is 0.575. The van der Waals surface area contributed by atoms with Gasteiger partial charge in [-0.05, 0) is 18.4 Å². The topological polar surface area (TPSA) is 109 Å². The normalized spacial score (nSPS) is 14.9. The fourth-order valence-corrected chi connectivity index (χ4v) is 3.90. The van der Waals surface area contributed by atoms with Gasteiger partial charge in [0.1, 0.15) is 0 Å². The predicted molar refractivity (Wildman–Crippen MR) is 103 cm³/mol. The fraction of sp³-hybridized carbons (Fsp3) is 0.368. The van der Waals surface area contributed by atoms with Gasteiger partial charge in [-0.3, -0.25) is 14.4 Å². The van der Waals surface area contributed by atoms with Crippen LogP contribution in [0.1, 0.15) is 24.1 Å². The smallest absolute Gasteiger partial charge is 0.251 e. The van der Waals surface area contributed by atoms with E-state index in [1.165, 1.54) is 17.8 Å². The van der Waals surface area contributed by atoms with E-state index in [1.807, 2.05) is 30.3 Å². The van der Waals surface area contributed by atoms with Gasteiger partial charge in [0, 0.05) is 30.8 Å². The number of aromatic nitrogens is 2. The van der Waals surface area contributed by atoms with Gasteiger partial charge >= 0.3 is 0 Å². The molecule has 7 nitrogen and oxygen atoms in total. The number of benzene rings is 1. The van der Waals surface area contributed by atoms with E-state index in [-0.39, 0.29) is 29.7 Å². The molecule has 8 heteroatoms. The Kier molecular flexibility index (Phi) is 6.28. The van der Waals surface area contributed by atoms with Crippen molar-refractivity contribution in [3.63, 3.8) is 0 Å². The molecule has 1 aliphatic rings. The molecule has 1 saturated heterocycles. The van der Waals surface area contributed by atoms with E-state index in [0.29, 0.717) is 42.5 Å². The van der Waals surface area contributed by atoms with E-state index in [9.17, 15) is 14.4 Å². The molecule has 0 aliphatic carbocycles. The van der Waals surface area contributed by atoms with Crippen LogP contribution in [0, 0.1) is 5.92 Å². The molecular weight excluding hydrogens is 364 g/mol. The molecule has 2 amide bonds. The molecule has 1 aliphatic heterocycles. The van der Waals surface area contributed by atoms with Crippen LogP contribution in [0.2, 0.25) is 0 Å². The van der Waals surface area contributed by atoms with Crippen LogP contribution in [0.25, 0.3) is 0 Å². The van der Waals surface area contributed by atoms with E-state index >= 15 is 0 Å². The molecule has 0 spiro atoms. The number of carbonyl (C=O) groups excluding carboxylic acids is 2. The number of thioether (sulfide) groups is 1. The first-order valence-electron chi connectivity index (χ1n) is 8.85. The molecule has 0 bridgehead atoms. The van der Waals surface area contributed by atoms with Crippen LogP contribution < -0.4 is 11.3 Å². The molecule has 27 heavy (non-hydrogen) atoms. The average molecular weight is 386 g/mol. The number of aromatic amines is 1. The number of likely N-dealkylation sites (tertiary alicyclic amines) is 1. The molecule has 1 aromatic heterocycles. The number of nitrogens with zero attached hydrogens (tertiary/aromatic N) is 2. The lowest BCUT2D eigenvalue weighted by Crippen LogP contribution is -2.42. The minimum atomic E-state index is -0.307. The van der Waals surface area contributed by atoms with Crippen LogP contribution in [0.4, 0.5) is 0 Å². The Balaban J connectivity index is 1.60. The average Bonchev–Trinajstić information content (AvgIpc) is 2.67. The third kappa shape index (κ3) is 5.43. The lowest BCUT2D eigenvalue weighted by molar-refractivity contribution is -0.134. The number of carbonyl (C=O) groups is 2. The maximum Gasteiger partial charge on any atom is 0.251 e. The standard InChI is InChI=1S/C19H22N4O3S/c20-18(26)14-6-8-23(9-7-14)17(25)11-15-10-16(24)22-19(21-15)27-12-13-4-2-1-3-5-13/h1-5,10,14H,6-9,11-12H2,(H2,20,26)(H,21,22,24). The van der Waals surface area contributed by atoms with Crippen LogP contribution in [-0.2, 0) is 21.8 Å². The Morgan fingerprint density at radius 3 is 2.59 bits per heavy atom. The van der Waals surface area contributed by atoms with Crippen LogP contribution in [0.3, 0.4) is 0 Å². The zero-order chi connectivity index (χ0) is 19.2. The molecule has 2 heterocycles. The molecule has 0 radical (unpaired) electrons. The van der Waals surface area contributed by atoms with Gasteiger partial charge in [0.05, 0.1) is 12.1 Å². The summed E-state index contributed by atoms with van der Waals surface area (Å²) in [5.74, 6) is 0.128. The Labute approximate surface area is 161 Å². The van der Waals surface area contributed by atoms with Crippen LogP contribution in [-0.4, -0.2) is 39.8 Å². The third-order valence-corrected chi connectivity index (χ3v) is 5.52. The summed E-state index contributed by atoms with van der Waals surface area (Å²) in [6, 6.07) is 11.3. The number of rotatable bonds is 6. The predicted octanol–water partition coefficient (Wildman–Crippen LogP) is 1.33. The van der Waals surface area contributed by atoms with Crippen molar-refractivity contribution in [3.05, 3.63) is 58.0 Å². The number of amides is 2. The Bertz CT molecular complexity index is 861. The highest BCUT2D eigenvalue weighted by Gasteiger charge is 2.26. The fourth-order valence-electron chi connectivity index (χ4n) is 3.05. The molecule has 0 saturated carbocycles. The molecule has 3 rings (SSSR count). The minimum Gasteiger partial charge on any atom is -0.369 e. The van der Waals surface area contributed by atoms with Crippen molar-refractivity contribution in [2.75, 3.05) is 13.1 Å². The van der Waals surface area contributed by atoms with Crippen molar-refractivity contribution in [3.8, 4) is 0 Å². The van der Waals surface area contributed by atoms with Crippen molar-refractivity contribution in [2.24, 2.45) is 11.7 Å². The second-order valence-corrected chi connectivity index (χ2v) is 7.51. The summed E-state index contributed by atoms with van der Waals surface area (Å²) in [7, 11) is 0.